The third kappa shape index (κ3) is 7.61. The van der Waals surface area contributed by atoms with Crippen LogP contribution in [0.5, 0.6) is 0 Å². The van der Waals surface area contributed by atoms with Crippen LogP contribution in [0.1, 0.15) is 50.0 Å². The molecule has 2 unspecified atom stereocenters. The summed E-state index contributed by atoms with van der Waals surface area (Å²) in [6.07, 6.45) is 1.62. The van der Waals surface area contributed by atoms with Gasteiger partial charge in [-0.2, -0.15) is 0 Å². The summed E-state index contributed by atoms with van der Waals surface area (Å²) in [5.41, 5.74) is 0.609. The predicted octanol–water partition coefficient (Wildman–Crippen LogP) is 3.13. The van der Waals surface area contributed by atoms with Gasteiger partial charge in [-0.25, -0.2) is 12.8 Å². The number of halogens is 1. The number of sulfonamides is 1. The van der Waals surface area contributed by atoms with Crippen LogP contribution in [0.15, 0.2) is 48.5 Å². The molecule has 8 nitrogen and oxygen atoms in total. The van der Waals surface area contributed by atoms with Crippen molar-refractivity contribution in [3.05, 3.63) is 65.5 Å². The van der Waals surface area contributed by atoms with E-state index in [9.17, 15) is 27.2 Å². The summed E-state index contributed by atoms with van der Waals surface area (Å²) < 4.78 is 40.5. The lowest BCUT2D eigenvalue weighted by molar-refractivity contribution is -0.139. The maximum absolute atomic E-state index is 14.4. The minimum absolute atomic E-state index is 0.135. The van der Waals surface area contributed by atoms with E-state index in [1.54, 1.807) is 12.1 Å². The summed E-state index contributed by atoms with van der Waals surface area (Å²) in [5, 5.41) is 2.80. The van der Waals surface area contributed by atoms with E-state index in [0.717, 1.165) is 15.5 Å². The smallest absolute Gasteiger partial charge is 0.244 e. The molecular formula is C25H32FN3O5S. The summed E-state index contributed by atoms with van der Waals surface area (Å²) in [4.78, 5) is 39.2. The summed E-state index contributed by atoms with van der Waals surface area (Å²) >= 11 is 0. The first kappa shape index (κ1) is 28.0. The molecule has 0 bridgehead atoms. The Morgan fingerprint density at radius 3 is 2.29 bits per heavy atom. The predicted molar refractivity (Wildman–Crippen MR) is 133 cm³/mol. The zero-order valence-electron chi connectivity index (χ0n) is 20.6. The molecule has 2 rings (SSSR count). The van der Waals surface area contributed by atoms with Crippen LogP contribution < -0.4 is 9.62 Å². The number of Topliss-reactive ketones (excluding diaryl/α,β-unsaturated/α-hetero) is 1. The molecule has 0 heterocycles. The second-order valence-corrected chi connectivity index (χ2v) is 10.4. The number of hydrogen-bond acceptors (Lipinski definition) is 5. The van der Waals surface area contributed by atoms with Crippen molar-refractivity contribution in [1.29, 1.82) is 0 Å². The number of hydrogen-bond donors (Lipinski definition) is 1. The highest BCUT2D eigenvalue weighted by atomic mass is 32.2. The van der Waals surface area contributed by atoms with Gasteiger partial charge >= 0.3 is 0 Å². The molecule has 0 saturated carbocycles. The molecule has 2 amide bonds. The highest BCUT2D eigenvalue weighted by molar-refractivity contribution is 7.92. The monoisotopic (exact) mass is 505 g/mol. The molecule has 10 heteroatoms. The SMILES string of the molecule is CCC(C)NC(=O)C(C)N(Cc1ccccc1F)C(=O)CN(c1cccc(C(C)=O)c1)S(C)(=O)=O. The Labute approximate surface area is 206 Å². The lowest BCUT2D eigenvalue weighted by Crippen LogP contribution is -2.52. The van der Waals surface area contributed by atoms with Gasteiger partial charge in [-0.3, -0.25) is 18.7 Å². The molecule has 0 spiro atoms. The molecule has 0 aliphatic carbocycles. The third-order valence-electron chi connectivity index (χ3n) is 5.69. The molecule has 2 aromatic rings. The van der Waals surface area contributed by atoms with Crippen molar-refractivity contribution < 1.29 is 27.2 Å². The van der Waals surface area contributed by atoms with Crippen LogP contribution >= 0.6 is 0 Å². The molecule has 1 N–H and O–H groups in total. The number of benzene rings is 2. The number of nitrogens with one attached hydrogen (secondary N) is 1. The van der Waals surface area contributed by atoms with Crippen LogP contribution in [0, 0.1) is 5.82 Å². The molecular weight excluding hydrogens is 473 g/mol. The van der Waals surface area contributed by atoms with Gasteiger partial charge < -0.3 is 10.2 Å². The average molecular weight is 506 g/mol. The Kier molecular flexibility index (Phi) is 9.53. The van der Waals surface area contributed by atoms with Crippen molar-refractivity contribution in [2.24, 2.45) is 0 Å². The Balaban J connectivity index is 2.44. The third-order valence-corrected chi connectivity index (χ3v) is 6.83. The minimum Gasteiger partial charge on any atom is -0.352 e. The van der Waals surface area contributed by atoms with Gasteiger partial charge in [0.1, 0.15) is 18.4 Å². The second kappa shape index (κ2) is 11.9. The van der Waals surface area contributed by atoms with E-state index in [-0.39, 0.29) is 35.2 Å². The topological polar surface area (TPSA) is 104 Å². The van der Waals surface area contributed by atoms with Gasteiger partial charge in [0.05, 0.1) is 11.9 Å². The summed E-state index contributed by atoms with van der Waals surface area (Å²) in [5.74, 6) is -1.94. The number of rotatable bonds is 11. The quantitative estimate of drug-likeness (QED) is 0.473. The van der Waals surface area contributed by atoms with Crippen LogP contribution in [0.3, 0.4) is 0 Å². The van der Waals surface area contributed by atoms with E-state index in [2.05, 4.69) is 5.32 Å². The van der Waals surface area contributed by atoms with Gasteiger partial charge in [0.2, 0.25) is 21.8 Å². The average Bonchev–Trinajstić information content (AvgIpc) is 2.80. The fourth-order valence-corrected chi connectivity index (χ4v) is 4.19. The van der Waals surface area contributed by atoms with Gasteiger partial charge in [0.25, 0.3) is 0 Å². The fourth-order valence-electron chi connectivity index (χ4n) is 3.35. The molecule has 0 radical (unpaired) electrons. The normalized spacial score (nSPS) is 13.0. The largest absolute Gasteiger partial charge is 0.352 e. The summed E-state index contributed by atoms with van der Waals surface area (Å²) in [6.45, 7) is 5.72. The van der Waals surface area contributed by atoms with Gasteiger partial charge in [-0.05, 0) is 45.4 Å². The van der Waals surface area contributed by atoms with Crippen LogP contribution in [0.4, 0.5) is 10.1 Å². The van der Waals surface area contributed by atoms with Crippen molar-refractivity contribution in [3.63, 3.8) is 0 Å². The standard InChI is InChI=1S/C25H32FN3O5S/c1-6-17(2)27-25(32)18(3)28(15-21-10-7-8-13-23(21)26)24(31)16-29(35(5,33)34)22-12-9-11-20(14-22)19(4)30/h7-14,17-18H,6,15-16H2,1-5H3,(H,27,32). The number of carbonyl (C=O) groups is 3. The molecule has 0 saturated heterocycles. The second-order valence-electron chi connectivity index (χ2n) is 8.48. The van der Waals surface area contributed by atoms with Gasteiger partial charge in [-0.15, -0.1) is 0 Å². The highest BCUT2D eigenvalue weighted by Gasteiger charge is 2.31. The van der Waals surface area contributed by atoms with Crippen molar-refractivity contribution >= 4 is 33.3 Å². The fraction of sp³-hybridized carbons (Fsp3) is 0.400. The van der Waals surface area contributed by atoms with E-state index >= 15 is 0 Å². The molecule has 190 valence electrons. The Bertz CT molecular complexity index is 1190. The van der Waals surface area contributed by atoms with Crippen molar-refractivity contribution in [3.8, 4) is 0 Å². The number of amides is 2. The molecule has 0 aromatic heterocycles. The van der Waals surface area contributed by atoms with Crippen molar-refractivity contribution in [1.82, 2.24) is 10.2 Å². The van der Waals surface area contributed by atoms with E-state index in [0.29, 0.717) is 6.42 Å². The van der Waals surface area contributed by atoms with Crippen molar-refractivity contribution in [2.45, 2.75) is 52.7 Å². The summed E-state index contributed by atoms with van der Waals surface area (Å²) in [7, 11) is -3.94. The van der Waals surface area contributed by atoms with Crippen molar-refractivity contribution in [2.75, 3.05) is 17.1 Å². The van der Waals surface area contributed by atoms with E-state index in [1.165, 1.54) is 50.2 Å². The minimum atomic E-state index is -3.94. The maximum Gasteiger partial charge on any atom is 0.244 e. The van der Waals surface area contributed by atoms with E-state index < -0.39 is 40.2 Å². The van der Waals surface area contributed by atoms with Gasteiger partial charge in [0.15, 0.2) is 5.78 Å². The van der Waals surface area contributed by atoms with Gasteiger partial charge in [-0.1, -0.05) is 37.3 Å². The molecule has 0 aliphatic rings. The Morgan fingerprint density at radius 2 is 1.71 bits per heavy atom. The van der Waals surface area contributed by atoms with E-state index in [1.807, 2.05) is 13.8 Å². The molecule has 0 aliphatic heterocycles. The van der Waals surface area contributed by atoms with Crippen LogP contribution in [0.25, 0.3) is 0 Å². The number of nitrogens with zero attached hydrogens (tertiary/aromatic N) is 2. The summed E-state index contributed by atoms with van der Waals surface area (Å²) in [6, 6.07) is 10.7. The Morgan fingerprint density at radius 1 is 1.06 bits per heavy atom. The molecule has 35 heavy (non-hydrogen) atoms. The lowest BCUT2D eigenvalue weighted by atomic mass is 10.1. The van der Waals surface area contributed by atoms with Crippen LogP contribution in [-0.4, -0.2) is 55.8 Å². The molecule has 2 atom stereocenters. The number of carbonyl (C=O) groups excluding carboxylic acids is 3. The Hall–Kier alpha value is -3.27. The first-order valence-electron chi connectivity index (χ1n) is 11.3. The lowest BCUT2D eigenvalue weighted by Gasteiger charge is -2.32. The first-order valence-corrected chi connectivity index (χ1v) is 13.1. The zero-order chi connectivity index (χ0) is 26.3. The molecule has 2 aromatic carbocycles. The number of anilines is 1. The van der Waals surface area contributed by atoms with E-state index in [4.69, 9.17) is 0 Å². The van der Waals surface area contributed by atoms with Crippen LogP contribution in [0.2, 0.25) is 0 Å². The van der Waals surface area contributed by atoms with Gasteiger partial charge in [0, 0.05) is 23.7 Å². The number of ketones is 1. The maximum atomic E-state index is 14.4. The van der Waals surface area contributed by atoms with Crippen LogP contribution in [-0.2, 0) is 26.2 Å². The zero-order valence-corrected chi connectivity index (χ0v) is 21.4. The first-order chi connectivity index (χ1) is 16.3. The highest BCUT2D eigenvalue weighted by Crippen LogP contribution is 2.21. The molecule has 0 fully saturated rings.